The molecule has 1 heterocycles. The molecule has 1 aromatic heterocycles. The van der Waals surface area contributed by atoms with Gasteiger partial charge in [0.25, 0.3) is 5.91 Å². The topological polar surface area (TPSA) is 42.0 Å². The van der Waals surface area contributed by atoms with Crippen molar-refractivity contribution in [3.63, 3.8) is 0 Å². The fourth-order valence-corrected chi connectivity index (χ4v) is 3.41. The Bertz CT molecular complexity index is 1140. The highest BCUT2D eigenvalue weighted by Gasteiger charge is 2.15. The van der Waals surface area contributed by atoms with Crippen molar-refractivity contribution in [1.82, 2.24) is 10.3 Å². The zero-order valence-corrected chi connectivity index (χ0v) is 15.4. The van der Waals surface area contributed by atoms with Gasteiger partial charge < -0.3 is 5.32 Å². The third-order valence-corrected chi connectivity index (χ3v) is 4.86. The lowest BCUT2D eigenvalue weighted by molar-refractivity contribution is 0.0939. The highest BCUT2D eigenvalue weighted by atomic mass is 19.1. The van der Waals surface area contributed by atoms with E-state index in [1.807, 2.05) is 49.4 Å². The molecule has 0 spiro atoms. The summed E-state index contributed by atoms with van der Waals surface area (Å²) < 4.78 is 14.6. The standard InChI is InChI=1S/C24H19FN2O/c1-16(20-8-4-6-17-5-2-3-7-21(17)20)27-24(28)19-9-10-22(23(25)15-19)18-11-13-26-14-12-18/h2-16H,1H3,(H,27,28). The predicted molar refractivity (Wildman–Crippen MR) is 109 cm³/mol. The van der Waals surface area contributed by atoms with Gasteiger partial charge in [-0.1, -0.05) is 48.5 Å². The van der Waals surface area contributed by atoms with Gasteiger partial charge in [-0.2, -0.15) is 0 Å². The molecule has 1 N–H and O–H groups in total. The van der Waals surface area contributed by atoms with Crippen LogP contribution in [0.15, 0.2) is 85.2 Å². The Hall–Kier alpha value is -3.53. The van der Waals surface area contributed by atoms with Crippen molar-refractivity contribution in [2.24, 2.45) is 0 Å². The van der Waals surface area contributed by atoms with E-state index in [1.54, 1.807) is 36.7 Å². The first kappa shape index (κ1) is 17.9. The molecule has 28 heavy (non-hydrogen) atoms. The molecule has 0 aliphatic rings. The lowest BCUT2D eigenvalue weighted by atomic mass is 9.99. The summed E-state index contributed by atoms with van der Waals surface area (Å²) in [5.41, 5.74) is 2.49. The number of halogens is 1. The van der Waals surface area contributed by atoms with Gasteiger partial charge >= 0.3 is 0 Å². The van der Waals surface area contributed by atoms with E-state index in [9.17, 15) is 9.18 Å². The van der Waals surface area contributed by atoms with Crippen LogP contribution in [0.3, 0.4) is 0 Å². The third-order valence-electron chi connectivity index (χ3n) is 4.86. The lowest BCUT2D eigenvalue weighted by Crippen LogP contribution is -2.26. The highest BCUT2D eigenvalue weighted by Crippen LogP contribution is 2.26. The molecule has 0 radical (unpaired) electrons. The van der Waals surface area contributed by atoms with E-state index in [1.165, 1.54) is 6.07 Å². The average molecular weight is 370 g/mol. The van der Waals surface area contributed by atoms with Crippen LogP contribution in [0.4, 0.5) is 4.39 Å². The van der Waals surface area contributed by atoms with Gasteiger partial charge in [0.05, 0.1) is 6.04 Å². The molecular formula is C24H19FN2O. The molecule has 4 aromatic rings. The van der Waals surface area contributed by atoms with Crippen molar-refractivity contribution >= 4 is 16.7 Å². The summed E-state index contributed by atoms with van der Waals surface area (Å²) in [6.45, 7) is 1.93. The van der Waals surface area contributed by atoms with Crippen LogP contribution in [0, 0.1) is 5.82 Å². The van der Waals surface area contributed by atoms with E-state index in [0.29, 0.717) is 11.1 Å². The molecule has 0 bridgehead atoms. The molecule has 1 atom stereocenters. The molecule has 0 saturated carbocycles. The quantitative estimate of drug-likeness (QED) is 0.513. The summed E-state index contributed by atoms with van der Waals surface area (Å²) >= 11 is 0. The van der Waals surface area contributed by atoms with E-state index in [-0.39, 0.29) is 11.9 Å². The SMILES string of the molecule is CC(NC(=O)c1ccc(-c2ccncc2)c(F)c1)c1cccc2ccccc12. The van der Waals surface area contributed by atoms with Gasteiger partial charge in [0.1, 0.15) is 5.82 Å². The molecular weight excluding hydrogens is 351 g/mol. The molecule has 138 valence electrons. The molecule has 3 nitrogen and oxygen atoms in total. The van der Waals surface area contributed by atoms with Crippen LogP contribution in [0.2, 0.25) is 0 Å². The Labute approximate surface area is 162 Å². The van der Waals surface area contributed by atoms with E-state index in [2.05, 4.69) is 10.3 Å². The number of rotatable bonds is 4. The second-order valence-electron chi connectivity index (χ2n) is 6.69. The summed E-state index contributed by atoms with van der Waals surface area (Å²) in [6.07, 6.45) is 3.22. The maximum Gasteiger partial charge on any atom is 0.251 e. The van der Waals surface area contributed by atoms with Gasteiger partial charge in [0, 0.05) is 23.5 Å². The summed E-state index contributed by atoms with van der Waals surface area (Å²) in [5, 5.41) is 5.19. The Morgan fingerprint density at radius 1 is 0.964 bits per heavy atom. The molecule has 0 aliphatic carbocycles. The molecule has 1 amide bonds. The normalized spacial score (nSPS) is 11.9. The zero-order valence-electron chi connectivity index (χ0n) is 15.4. The lowest BCUT2D eigenvalue weighted by Gasteiger charge is -2.17. The van der Waals surface area contributed by atoms with Gasteiger partial charge in [-0.15, -0.1) is 0 Å². The summed E-state index contributed by atoms with van der Waals surface area (Å²) in [5.74, 6) is -0.739. The van der Waals surface area contributed by atoms with Crippen LogP contribution >= 0.6 is 0 Å². The van der Waals surface area contributed by atoms with E-state index >= 15 is 0 Å². The molecule has 1 unspecified atom stereocenters. The summed E-state index contributed by atoms with van der Waals surface area (Å²) in [7, 11) is 0. The largest absolute Gasteiger partial charge is 0.345 e. The fraction of sp³-hybridized carbons (Fsp3) is 0.0833. The van der Waals surface area contributed by atoms with Crippen LogP contribution in [-0.4, -0.2) is 10.9 Å². The average Bonchev–Trinajstić information content (AvgIpc) is 2.73. The number of hydrogen-bond donors (Lipinski definition) is 1. The van der Waals surface area contributed by atoms with E-state index in [4.69, 9.17) is 0 Å². The van der Waals surface area contributed by atoms with Gasteiger partial charge in [-0.05, 0) is 53.1 Å². The second-order valence-corrected chi connectivity index (χ2v) is 6.69. The Balaban J connectivity index is 1.57. The third kappa shape index (κ3) is 3.49. The number of carbonyl (C=O) groups is 1. The molecule has 0 aliphatic heterocycles. The van der Waals surface area contributed by atoms with Crippen molar-refractivity contribution in [1.29, 1.82) is 0 Å². The monoisotopic (exact) mass is 370 g/mol. The number of pyridine rings is 1. The van der Waals surface area contributed by atoms with Crippen molar-refractivity contribution in [2.75, 3.05) is 0 Å². The van der Waals surface area contributed by atoms with E-state index in [0.717, 1.165) is 21.9 Å². The number of amides is 1. The second kappa shape index (κ2) is 7.61. The number of nitrogens with one attached hydrogen (secondary N) is 1. The molecule has 4 heteroatoms. The van der Waals surface area contributed by atoms with Gasteiger partial charge in [0.2, 0.25) is 0 Å². The number of fused-ring (bicyclic) bond motifs is 1. The number of carbonyl (C=O) groups excluding carboxylic acids is 1. The number of hydrogen-bond acceptors (Lipinski definition) is 2. The minimum atomic E-state index is -0.434. The fourth-order valence-electron chi connectivity index (χ4n) is 3.41. The predicted octanol–water partition coefficient (Wildman–Crippen LogP) is 5.53. The van der Waals surface area contributed by atoms with E-state index < -0.39 is 5.82 Å². The first-order valence-electron chi connectivity index (χ1n) is 9.12. The first-order chi connectivity index (χ1) is 13.6. The number of benzene rings is 3. The molecule has 0 saturated heterocycles. The van der Waals surface area contributed by atoms with Crippen molar-refractivity contribution in [2.45, 2.75) is 13.0 Å². The summed E-state index contributed by atoms with van der Waals surface area (Å²) in [4.78, 5) is 16.6. The van der Waals surface area contributed by atoms with Crippen LogP contribution in [0.1, 0.15) is 28.9 Å². The molecule has 4 rings (SSSR count). The van der Waals surface area contributed by atoms with Crippen molar-refractivity contribution < 1.29 is 9.18 Å². The highest BCUT2D eigenvalue weighted by molar-refractivity contribution is 5.95. The van der Waals surface area contributed by atoms with Crippen LogP contribution < -0.4 is 5.32 Å². The van der Waals surface area contributed by atoms with Crippen LogP contribution in [0.25, 0.3) is 21.9 Å². The van der Waals surface area contributed by atoms with Gasteiger partial charge in [-0.3, -0.25) is 9.78 Å². The summed E-state index contributed by atoms with van der Waals surface area (Å²) in [6, 6.07) is 21.9. The maximum atomic E-state index is 14.6. The zero-order chi connectivity index (χ0) is 19.5. The van der Waals surface area contributed by atoms with Crippen molar-refractivity contribution in [3.05, 3.63) is 102 Å². The Kier molecular flexibility index (Phi) is 4.85. The minimum absolute atomic E-state index is 0.207. The maximum absolute atomic E-state index is 14.6. The minimum Gasteiger partial charge on any atom is -0.345 e. The number of aromatic nitrogens is 1. The molecule has 3 aromatic carbocycles. The Morgan fingerprint density at radius 3 is 2.50 bits per heavy atom. The first-order valence-corrected chi connectivity index (χ1v) is 9.12. The van der Waals surface area contributed by atoms with Gasteiger partial charge in [-0.25, -0.2) is 4.39 Å². The van der Waals surface area contributed by atoms with Crippen LogP contribution in [0.5, 0.6) is 0 Å². The number of nitrogens with zero attached hydrogens (tertiary/aromatic N) is 1. The van der Waals surface area contributed by atoms with Crippen LogP contribution in [-0.2, 0) is 0 Å². The van der Waals surface area contributed by atoms with Gasteiger partial charge in [0.15, 0.2) is 0 Å². The Morgan fingerprint density at radius 2 is 1.71 bits per heavy atom. The molecule has 0 fully saturated rings. The smallest absolute Gasteiger partial charge is 0.251 e. The van der Waals surface area contributed by atoms with Crippen molar-refractivity contribution in [3.8, 4) is 11.1 Å².